The molecule has 0 radical (unpaired) electrons. The van der Waals surface area contributed by atoms with Crippen LogP contribution in [0.4, 0.5) is 0 Å². The van der Waals surface area contributed by atoms with Gasteiger partial charge in [-0.1, -0.05) is 25.6 Å². The smallest absolute Gasteiger partial charge is 0.277 e. The first kappa shape index (κ1) is 17.4. The van der Waals surface area contributed by atoms with E-state index in [1.165, 1.54) is 50.3 Å². The first-order valence-corrected chi connectivity index (χ1v) is 10.7. The van der Waals surface area contributed by atoms with Gasteiger partial charge in [0.15, 0.2) is 0 Å². The second kappa shape index (κ2) is 6.60. The van der Waals surface area contributed by atoms with Crippen molar-refractivity contribution in [2.24, 2.45) is 23.7 Å². The third kappa shape index (κ3) is 3.46. The molecule has 4 aliphatic rings. The van der Waals surface area contributed by atoms with Crippen molar-refractivity contribution in [3.05, 3.63) is 5.89 Å². The monoisotopic (exact) mass is 363 g/mol. The van der Waals surface area contributed by atoms with Gasteiger partial charge in [-0.3, -0.25) is 4.79 Å². The predicted molar refractivity (Wildman–Crippen MR) is 97.3 cm³/mol. The van der Waals surface area contributed by atoms with E-state index in [0.717, 1.165) is 23.6 Å². The van der Waals surface area contributed by atoms with Gasteiger partial charge in [-0.2, -0.15) is 0 Å². The minimum atomic E-state index is 0.0285. The number of thioether (sulfide) groups is 1. The Balaban J connectivity index is 1.37. The van der Waals surface area contributed by atoms with E-state index in [1.54, 1.807) is 0 Å². The second-order valence-corrected chi connectivity index (χ2v) is 9.89. The number of aromatic nitrogens is 2. The number of amides is 1. The van der Waals surface area contributed by atoms with Crippen molar-refractivity contribution in [2.45, 2.75) is 76.0 Å². The van der Waals surface area contributed by atoms with E-state index in [9.17, 15) is 4.79 Å². The lowest BCUT2D eigenvalue weighted by Crippen LogP contribution is -2.48. The molecular formula is C19H29N3O2S. The molecule has 0 saturated heterocycles. The third-order valence-corrected chi connectivity index (χ3v) is 7.43. The molecule has 1 heterocycles. The zero-order valence-corrected chi connectivity index (χ0v) is 16.3. The van der Waals surface area contributed by atoms with Crippen molar-refractivity contribution in [1.29, 1.82) is 0 Å². The maximum atomic E-state index is 12.0. The van der Waals surface area contributed by atoms with Gasteiger partial charge in [0.2, 0.25) is 11.8 Å². The summed E-state index contributed by atoms with van der Waals surface area (Å²) in [7, 11) is 0. The topological polar surface area (TPSA) is 68.0 Å². The lowest BCUT2D eigenvalue weighted by molar-refractivity contribution is -0.119. The molecule has 1 amide bonds. The van der Waals surface area contributed by atoms with Crippen molar-refractivity contribution in [2.75, 3.05) is 5.75 Å². The molecule has 4 bridgehead atoms. The highest BCUT2D eigenvalue weighted by molar-refractivity contribution is 7.99. The SMILES string of the molecule is CC(C)[C@@H](C)NC(=O)CSc1nnc(C23CC4CC(CC(C4)C2)C3)o1. The molecule has 0 aliphatic heterocycles. The van der Waals surface area contributed by atoms with E-state index in [1.807, 2.05) is 6.92 Å². The highest BCUT2D eigenvalue weighted by Crippen LogP contribution is 2.60. The summed E-state index contributed by atoms with van der Waals surface area (Å²) < 4.78 is 6.03. The molecule has 25 heavy (non-hydrogen) atoms. The van der Waals surface area contributed by atoms with Crippen molar-refractivity contribution in [3.63, 3.8) is 0 Å². The van der Waals surface area contributed by atoms with Gasteiger partial charge >= 0.3 is 0 Å². The van der Waals surface area contributed by atoms with E-state index in [0.29, 0.717) is 16.9 Å². The minimum absolute atomic E-state index is 0.0285. The Labute approximate surface area is 154 Å². The van der Waals surface area contributed by atoms with Crippen molar-refractivity contribution >= 4 is 17.7 Å². The Morgan fingerprint density at radius 1 is 1.16 bits per heavy atom. The largest absolute Gasteiger partial charge is 0.415 e. The van der Waals surface area contributed by atoms with Crippen LogP contribution in [-0.2, 0) is 10.2 Å². The first-order chi connectivity index (χ1) is 11.9. The van der Waals surface area contributed by atoms with E-state index in [2.05, 4.69) is 29.4 Å². The summed E-state index contributed by atoms with van der Waals surface area (Å²) in [6.45, 7) is 6.24. The van der Waals surface area contributed by atoms with Crippen molar-refractivity contribution in [3.8, 4) is 0 Å². The molecule has 0 aromatic carbocycles. The van der Waals surface area contributed by atoms with Gasteiger partial charge in [0.05, 0.1) is 5.75 Å². The first-order valence-electron chi connectivity index (χ1n) is 9.69. The fourth-order valence-electron chi connectivity index (χ4n) is 5.44. The maximum Gasteiger partial charge on any atom is 0.277 e. The van der Waals surface area contributed by atoms with Gasteiger partial charge < -0.3 is 9.73 Å². The summed E-state index contributed by atoms with van der Waals surface area (Å²) in [5, 5.41) is 12.2. The molecular weight excluding hydrogens is 334 g/mol. The van der Waals surface area contributed by atoms with Gasteiger partial charge in [0, 0.05) is 11.5 Å². The van der Waals surface area contributed by atoms with Crippen LogP contribution in [0.2, 0.25) is 0 Å². The molecule has 1 atom stereocenters. The molecule has 4 fully saturated rings. The molecule has 6 heteroatoms. The van der Waals surface area contributed by atoms with Gasteiger partial charge in [-0.25, -0.2) is 0 Å². The van der Waals surface area contributed by atoms with Crippen molar-refractivity contribution < 1.29 is 9.21 Å². The zero-order chi connectivity index (χ0) is 17.6. The summed E-state index contributed by atoms with van der Waals surface area (Å²) in [4.78, 5) is 12.0. The molecule has 0 spiro atoms. The highest BCUT2D eigenvalue weighted by Gasteiger charge is 2.54. The number of carbonyl (C=O) groups excluding carboxylic acids is 1. The lowest BCUT2D eigenvalue weighted by atomic mass is 9.49. The van der Waals surface area contributed by atoms with Crippen LogP contribution in [0.3, 0.4) is 0 Å². The fraction of sp³-hybridized carbons (Fsp3) is 0.842. The van der Waals surface area contributed by atoms with Crippen LogP contribution in [0.25, 0.3) is 0 Å². The summed E-state index contributed by atoms with van der Waals surface area (Å²) in [5.74, 6) is 4.21. The number of hydrogen-bond donors (Lipinski definition) is 1. The zero-order valence-electron chi connectivity index (χ0n) is 15.5. The Kier molecular flexibility index (Phi) is 4.59. The number of nitrogens with zero attached hydrogens (tertiary/aromatic N) is 2. The molecule has 5 rings (SSSR count). The number of nitrogens with one attached hydrogen (secondary N) is 1. The third-order valence-electron chi connectivity index (χ3n) is 6.61. The maximum absolute atomic E-state index is 12.0. The Bertz CT molecular complexity index is 607. The molecule has 1 aromatic heterocycles. The van der Waals surface area contributed by atoms with Crippen LogP contribution >= 0.6 is 11.8 Å². The highest BCUT2D eigenvalue weighted by atomic mass is 32.2. The normalized spacial score (nSPS) is 34.5. The Morgan fingerprint density at radius 2 is 1.76 bits per heavy atom. The van der Waals surface area contributed by atoms with Crippen LogP contribution in [0, 0.1) is 23.7 Å². The average molecular weight is 364 g/mol. The van der Waals surface area contributed by atoms with E-state index in [-0.39, 0.29) is 17.4 Å². The van der Waals surface area contributed by atoms with Gasteiger partial charge in [0.25, 0.3) is 5.22 Å². The average Bonchev–Trinajstić information content (AvgIpc) is 3.01. The van der Waals surface area contributed by atoms with Crippen LogP contribution in [0.5, 0.6) is 0 Å². The van der Waals surface area contributed by atoms with Gasteiger partial charge in [0.1, 0.15) is 0 Å². The summed E-state index contributed by atoms with van der Waals surface area (Å²) in [6.07, 6.45) is 7.88. The molecule has 0 unspecified atom stereocenters. The summed E-state index contributed by atoms with van der Waals surface area (Å²) >= 11 is 1.35. The summed E-state index contributed by atoms with van der Waals surface area (Å²) in [5.41, 5.74) is 0.134. The Morgan fingerprint density at radius 3 is 2.32 bits per heavy atom. The van der Waals surface area contributed by atoms with E-state index >= 15 is 0 Å². The number of rotatable bonds is 6. The van der Waals surface area contributed by atoms with Gasteiger partial charge in [-0.05, 0) is 69.1 Å². The molecule has 4 aliphatic carbocycles. The molecule has 138 valence electrons. The second-order valence-electron chi connectivity index (χ2n) is 8.96. The van der Waals surface area contributed by atoms with Gasteiger partial charge in [-0.15, -0.1) is 10.2 Å². The lowest BCUT2D eigenvalue weighted by Gasteiger charge is -2.55. The molecule has 1 N–H and O–H groups in total. The van der Waals surface area contributed by atoms with Crippen LogP contribution in [0.15, 0.2) is 9.64 Å². The summed E-state index contributed by atoms with van der Waals surface area (Å²) in [6, 6.07) is 0.179. The fourth-order valence-corrected chi connectivity index (χ4v) is 6.02. The quantitative estimate of drug-likeness (QED) is 0.779. The van der Waals surface area contributed by atoms with E-state index < -0.39 is 0 Å². The minimum Gasteiger partial charge on any atom is -0.415 e. The van der Waals surface area contributed by atoms with Crippen LogP contribution in [0.1, 0.15) is 65.2 Å². The number of carbonyl (C=O) groups is 1. The standard InChI is InChI=1S/C19H29N3O2S/c1-11(2)12(3)20-16(23)10-25-18-22-21-17(24-18)19-7-13-4-14(8-19)6-15(5-13)9-19/h11-15H,4-10H2,1-3H3,(H,20,23)/t12-,13?,14?,15?,19?/m1/s1. The molecule has 4 saturated carbocycles. The Hall–Kier alpha value is -1.04. The van der Waals surface area contributed by atoms with E-state index in [4.69, 9.17) is 4.42 Å². The van der Waals surface area contributed by atoms with Crippen LogP contribution in [-0.4, -0.2) is 27.9 Å². The predicted octanol–water partition coefficient (Wildman–Crippen LogP) is 3.79. The molecule has 5 nitrogen and oxygen atoms in total. The number of hydrogen-bond acceptors (Lipinski definition) is 5. The molecule has 1 aromatic rings. The van der Waals surface area contributed by atoms with Crippen LogP contribution < -0.4 is 5.32 Å². The van der Waals surface area contributed by atoms with Crippen molar-refractivity contribution in [1.82, 2.24) is 15.5 Å².